The minimum absolute atomic E-state index is 0.0297. The molecule has 4 aromatic heterocycles. The summed E-state index contributed by atoms with van der Waals surface area (Å²) in [7, 11) is -11.8. The van der Waals surface area contributed by atoms with Crippen LogP contribution in [0.1, 0.15) is 59.8 Å². The molecule has 2 aliphatic heterocycles. The van der Waals surface area contributed by atoms with Crippen LogP contribution in [0.4, 0.5) is 35.9 Å². The molecule has 0 radical (unpaired) electrons. The van der Waals surface area contributed by atoms with Gasteiger partial charge in [-0.3, -0.25) is 39.1 Å². The number of piperidine rings is 1. The number of piperazine rings is 1. The van der Waals surface area contributed by atoms with Crippen molar-refractivity contribution in [2.24, 2.45) is 11.1 Å². The molecule has 2 aliphatic rings. The van der Waals surface area contributed by atoms with Crippen molar-refractivity contribution >= 4 is 134 Å². The Morgan fingerprint density at radius 2 is 0.763 bits per heavy atom. The Kier molecular flexibility index (Phi) is 30.2. The smallest absolute Gasteiger partial charge is 0.322 e. The Balaban J connectivity index is 0.000000154. The van der Waals surface area contributed by atoms with E-state index in [1.807, 2.05) is 60.7 Å². The minimum atomic E-state index is -4.68. The van der Waals surface area contributed by atoms with Crippen LogP contribution < -0.4 is 41.8 Å². The Morgan fingerprint density at radius 3 is 1.11 bits per heavy atom. The van der Waals surface area contributed by atoms with Gasteiger partial charge in [0.2, 0.25) is 30.1 Å². The van der Waals surface area contributed by atoms with Gasteiger partial charge >= 0.3 is 6.18 Å². The first kappa shape index (κ1) is 88.0. The second-order valence-corrected chi connectivity index (χ2v) is 33.7. The largest absolute Gasteiger partial charge is 0.402 e. The van der Waals surface area contributed by atoms with Gasteiger partial charge in [0.15, 0.2) is 0 Å². The number of aromatic nitrogens is 4. The summed E-state index contributed by atoms with van der Waals surface area (Å²) in [5, 5.41) is 24.8. The van der Waals surface area contributed by atoms with E-state index in [0.717, 1.165) is 54.9 Å². The lowest BCUT2D eigenvalue weighted by atomic mass is 9.91. The van der Waals surface area contributed by atoms with Gasteiger partial charge in [-0.1, -0.05) is 94.4 Å². The van der Waals surface area contributed by atoms with Crippen molar-refractivity contribution in [3.63, 3.8) is 0 Å². The van der Waals surface area contributed by atoms with E-state index < -0.39 is 59.5 Å². The number of sulfonamides is 3. The fourth-order valence-electron chi connectivity index (χ4n) is 12.0. The van der Waals surface area contributed by atoms with Crippen LogP contribution in [0.25, 0.3) is 45.0 Å². The fourth-order valence-corrected chi connectivity index (χ4v) is 16.2. The molecule has 0 atom stereocenters. The Hall–Kier alpha value is -10.9. The van der Waals surface area contributed by atoms with Gasteiger partial charge in [-0.25, -0.2) is 35.1 Å². The molecule has 9 N–H and O–H groups in total. The highest BCUT2D eigenvalue weighted by Gasteiger charge is 2.31. The molecule has 0 aliphatic carbocycles. The van der Waals surface area contributed by atoms with Crippen molar-refractivity contribution in [2.45, 2.75) is 40.1 Å². The number of nitrogens with zero attached hydrogens (tertiary/aromatic N) is 5. The van der Waals surface area contributed by atoms with E-state index in [9.17, 15) is 57.6 Å². The van der Waals surface area contributed by atoms with Crippen LogP contribution in [0.3, 0.4) is 0 Å². The van der Waals surface area contributed by atoms with Crippen molar-refractivity contribution in [3.05, 3.63) is 314 Å². The molecule has 2 fully saturated rings. The van der Waals surface area contributed by atoms with Crippen molar-refractivity contribution in [1.29, 1.82) is 0 Å². The van der Waals surface area contributed by atoms with Crippen LogP contribution in [0.5, 0.6) is 0 Å². The van der Waals surface area contributed by atoms with Gasteiger partial charge in [-0.05, 0) is 244 Å². The number of nitrogens with two attached hydrogens (primary N) is 1. The molecule has 118 heavy (non-hydrogen) atoms. The summed E-state index contributed by atoms with van der Waals surface area (Å²) in [6.45, 7) is 2.63. The number of hydrogen-bond donors (Lipinski definition) is 8. The number of carbonyl (C=O) groups excluding carboxylic acids is 4. The normalized spacial score (nSPS) is 13.2. The molecule has 0 saturated carbocycles. The molecule has 6 heterocycles. The summed E-state index contributed by atoms with van der Waals surface area (Å²) >= 11 is 31.1. The number of rotatable bonds is 20. The average Bonchev–Trinajstić information content (AvgIpc) is 0.779. The van der Waals surface area contributed by atoms with Crippen LogP contribution >= 0.6 is 58.0 Å². The van der Waals surface area contributed by atoms with E-state index in [-0.39, 0.29) is 37.8 Å². The summed E-state index contributed by atoms with van der Waals surface area (Å²) in [4.78, 5) is 67.1. The van der Waals surface area contributed by atoms with E-state index in [0.29, 0.717) is 114 Å². The molecule has 23 nitrogen and oxygen atoms in total. The zero-order valence-corrected chi connectivity index (χ0v) is 68.3. The third kappa shape index (κ3) is 24.6. The van der Waals surface area contributed by atoms with Gasteiger partial charge in [0.05, 0.1) is 68.1 Å². The van der Waals surface area contributed by atoms with E-state index in [1.165, 1.54) is 76.0 Å². The lowest BCUT2D eigenvalue weighted by Crippen LogP contribution is -2.46. The van der Waals surface area contributed by atoms with Gasteiger partial charge in [-0.15, -0.1) is 0 Å². The van der Waals surface area contributed by atoms with Crippen LogP contribution in [0.2, 0.25) is 25.1 Å². The number of benzene rings is 8. The van der Waals surface area contributed by atoms with Crippen LogP contribution in [-0.2, 0) is 36.5 Å². The topological polar surface area (TPSA) is 336 Å². The van der Waals surface area contributed by atoms with Gasteiger partial charge in [-0.2, -0.15) is 17.5 Å². The second-order valence-electron chi connectivity index (χ2n) is 26.4. The van der Waals surface area contributed by atoms with Crippen molar-refractivity contribution < 1.29 is 57.6 Å². The van der Waals surface area contributed by atoms with Gasteiger partial charge in [0.25, 0.3) is 23.6 Å². The first-order chi connectivity index (χ1) is 56.4. The molecule has 0 unspecified atom stereocenters. The molecule has 608 valence electrons. The van der Waals surface area contributed by atoms with Crippen LogP contribution in [-0.4, -0.2) is 125 Å². The number of nitrogens with one attached hydrogen (secondary N) is 7. The number of anilines is 4. The maximum atomic E-state index is 12.7. The Labute approximate surface area is 704 Å². The predicted molar refractivity (Wildman–Crippen MR) is 455 cm³/mol. The highest BCUT2D eigenvalue weighted by Crippen LogP contribution is 2.35. The van der Waals surface area contributed by atoms with E-state index in [1.54, 1.807) is 122 Å². The predicted octanol–water partition coefficient (Wildman–Crippen LogP) is 16.9. The third-order valence-corrected chi connectivity index (χ3v) is 24.0. The highest BCUT2D eigenvalue weighted by atomic mass is 35.5. The molecular weight excluding hydrogens is 1680 g/mol. The molecule has 4 amide bonds. The van der Waals surface area contributed by atoms with Crippen LogP contribution in [0, 0.1) is 5.92 Å². The van der Waals surface area contributed by atoms with E-state index in [4.69, 9.17) is 63.1 Å². The molecular formula is C84H73Cl5F3N13O10S3. The summed E-state index contributed by atoms with van der Waals surface area (Å²) in [6.07, 6.45) is 5.48. The quantitative estimate of drug-likeness (QED) is 0.0351. The fraction of sp³-hybridized carbons (Fsp3) is 0.143. The van der Waals surface area contributed by atoms with Gasteiger partial charge in [0.1, 0.15) is 6.54 Å². The molecule has 12 aromatic rings. The highest BCUT2D eigenvalue weighted by molar-refractivity contribution is 7.89. The number of amides is 4. The monoisotopic (exact) mass is 1750 g/mol. The van der Waals surface area contributed by atoms with Crippen LogP contribution in [0.15, 0.2) is 276 Å². The molecule has 14 rings (SSSR count). The lowest BCUT2D eigenvalue weighted by Gasteiger charge is -2.26. The number of hydrogen-bond acceptors (Lipinski definition) is 16. The zero-order valence-electron chi connectivity index (χ0n) is 62.1. The number of alkyl halides is 3. The van der Waals surface area contributed by atoms with Crippen molar-refractivity contribution in [1.82, 2.24) is 39.6 Å². The third-order valence-electron chi connectivity index (χ3n) is 18.1. The summed E-state index contributed by atoms with van der Waals surface area (Å²) < 4.78 is 112. The van der Waals surface area contributed by atoms with Crippen molar-refractivity contribution in [3.8, 4) is 45.0 Å². The number of carbonyl (C=O) groups is 4. The summed E-state index contributed by atoms with van der Waals surface area (Å²) in [5.41, 5.74) is 10.2. The summed E-state index contributed by atoms with van der Waals surface area (Å²) in [5.74, 6) is -0.792. The van der Waals surface area contributed by atoms with Crippen molar-refractivity contribution in [2.75, 3.05) is 67.1 Å². The van der Waals surface area contributed by atoms with E-state index in [2.05, 4.69) is 64.0 Å². The SMILES string of the molecule is NS(=O)(=O)c1ccc(C(=O)Nc2ccc(Cl)c(-c3ccccn3)c2)c(Cl)c1.O=C(Nc1ccc(Cl)c(-c2ccccn2)c1)c1ccc(CC2CCNCC2)cc1.O=C(Nc1ccc(Cl)c(-c2ccccn2)c1)c1ccc(S(=O)(=O)N2CCNCC2)cc1.O=C(Nc1ccc(Cl)c(-c2ccccn2)c1)c1ccc(S(=O)(=O)NCC(F)(F)F)cc1. The maximum Gasteiger partial charge on any atom is 0.402 e. The maximum absolute atomic E-state index is 12.7. The second kappa shape index (κ2) is 40.5. The Morgan fingerprint density at radius 1 is 0.415 bits per heavy atom. The molecule has 8 aromatic carbocycles. The molecule has 2 saturated heterocycles. The molecule has 34 heteroatoms. The molecule has 0 bridgehead atoms. The first-order valence-corrected chi connectivity index (χ1v) is 42.5. The van der Waals surface area contributed by atoms with Gasteiger partial charge < -0.3 is 31.9 Å². The Bertz CT molecular complexity index is 5910. The zero-order chi connectivity index (χ0) is 84.2. The van der Waals surface area contributed by atoms with E-state index >= 15 is 0 Å². The number of pyridine rings is 4. The summed E-state index contributed by atoms with van der Waals surface area (Å²) in [6, 6.07) is 64.4. The average molecular weight is 1760 g/mol. The standard InChI is InChI=1S/C24H24ClN3O.C22H21ClN4O3S.C20H15ClF3N3O3S.C18H13Cl2N3O3S/c25-22-9-8-20(16-21(22)23-3-1-2-12-27-23)28-24(29)19-6-4-17(5-7-19)15-18-10-13-26-14-11-18;23-20-9-6-17(15-19(20)21-3-1-2-10-25-21)26-22(28)16-4-7-18(8-5-16)31(29,30)27-13-11-24-12-14-27;21-17-9-6-14(11-16(17)18-3-1-2-10-25-18)27-19(28)13-4-7-15(8-5-13)31(29,30)26-12-20(22,23)24;19-15-7-4-11(9-14(15)17-3-1-2-8-22-17)23-18(24)13-6-5-12(10-16(13)20)27(21,25)26/h1-9,12,16,18,26H,10-11,13-15H2,(H,28,29);1-10,15,24H,11-14H2,(H,26,28);1-11,26H,12H2,(H,27,28);1-10H,(H,23,24)(H2,21,25,26). The lowest BCUT2D eigenvalue weighted by molar-refractivity contribution is -0.121. The number of primary sulfonamides is 1. The number of halogens is 8. The van der Waals surface area contributed by atoms with Gasteiger partial charge in [0, 0.05) is 113 Å². The molecule has 0 spiro atoms. The minimum Gasteiger partial charge on any atom is -0.322 e. The first-order valence-electron chi connectivity index (χ1n) is 36.1.